The highest BCUT2D eigenvalue weighted by atomic mass is 32.2. The van der Waals surface area contributed by atoms with E-state index < -0.39 is 15.6 Å². The Labute approximate surface area is 117 Å². The van der Waals surface area contributed by atoms with Crippen molar-refractivity contribution in [3.8, 4) is 0 Å². The molecule has 1 aromatic rings. The smallest absolute Gasteiger partial charge is 0.485 e. The first-order valence-electron chi connectivity index (χ1n) is 5.61. The molecule has 0 heterocycles. The number of alkyl halides is 3. The molecule has 0 aliphatic rings. The summed E-state index contributed by atoms with van der Waals surface area (Å²) in [5.74, 6) is 0. The zero-order chi connectivity index (χ0) is 16.2. The lowest BCUT2D eigenvalue weighted by Gasteiger charge is -2.24. The van der Waals surface area contributed by atoms with Gasteiger partial charge in [-0.3, -0.25) is 0 Å². The molecule has 0 atom stereocenters. The van der Waals surface area contributed by atoms with Crippen LogP contribution in [0.2, 0.25) is 0 Å². The Hall–Kier alpha value is -1.12. The van der Waals surface area contributed by atoms with Gasteiger partial charge in [0.2, 0.25) is 0 Å². The van der Waals surface area contributed by atoms with Crippen LogP contribution in [0, 0.1) is 6.92 Å². The number of hydrogen-bond acceptors (Lipinski definition) is 3. The van der Waals surface area contributed by atoms with Gasteiger partial charge in [-0.05, 0) is 12.5 Å². The van der Waals surface area contributed by atoms with Gasteiger partial charge in [0.05, 0.1) is 21.1 Å². The summed E-state index contributed by atoms with van der Waals surface area (Å²) in [5, 5.41) is 0. The second-order valence-electron chi connectivity index (χ2n) is 5.27. The molecule has 1 aromatic carbocycles. The third-order valence-electron chi connectivity index (χ3n) is 2.19. The van der Waals surface area contributed by atoms with Gasteiger partial charge in [-0.1, -0.05) is 24.3 Å². The predicted molar refractivity (Wildman–Crippen MR) is 68.7 cm³/mol. The molecule has 0 radical (unpaired) electrons. The number of rotatable bonds is 2. The van der Waals surface area contributed by atoms with Crippen LogP contribution < -0.4 is 0 Å². The van der Waals surface area contributed by atoms with Gasteiger partial charge in [-0.25, -0.2) is 8.42 Å². The van der Waals surface area contributed by atoms with Crippen molar-refractivity contribution < 1.29 is 30.6 Å². The van der Waals surface area contributed by atoms with E-state index >= 15 is 0 Å². The summed E-state index contributed by atoms with van der Waals surface area (Å²) < 4.78 is 59.9. The number of nitrogens with zero attached hydrogens (tertiary/aromatic N) is 1. The van der Waals surface area contributed by atoms with E-state index in [0.29, 0.717) is 0 Å². The summed E-state index contributed by atoms with van der Waals surface area (Å²) in [6.07, 6.45) is 0. The minimum absolute atomic E-state index is 0.991. The summed E-state index contributed by atoms with van der Waals surface area (Å²) in [6.45, 7) is 3.28. The maximum atomic E-state index is 10.7. The third kappa shape index (κ3) is 7.46. The molecular weight excluding hydrogens is 295 g/mol. The third-order valence-corrected chi connectivity index (χ3v) is 2.76. The highest BCUT2D eigenvalue weighted by Crippen LogP contribution is 2.20. The monoisotopic (exact) mass is 313 g/mol. The van der Waals surface area contributed by atoms with E-state index in [1.54, 1.807) is 0 Å². The van der Waals surface area contributed by atoms with Crippen LogP contribution in [0.5, 0.6) is 0 Å². The molecular formula is C12H18F3NO3S. The molecule has 0 spiro atoms. The minimum atomic E-state index is -6.09. The van der Waals surface area contributed by atoms with E-state index in [1.165, 1.54) is 11.1 Å². The molecule has 0 unspecified atom stereocenters. The van der Waals surface area contributed by atoms with Crippen molar-refractivity contribution in [1.29, 1.82) is 0 Å². The molecule has 4 nitrogen and oxygen atoms in total. The van der Waals surface area contributed by atoms with Gasteiger partial charge in [0.1, 0.15) is 6.54 Å². The molecule has 0 amide bonds. The quantitative estimate of drug-likeness (QED) is 0.478. The Morgan fingerprint density at radius 2 is 1.55 bits per heavy atom. The molecule has 0 N–H and O–H groups in total. The molecule has 0 bridgehead atoms. The van der Waals surface area contributed by atoms with Gasteiger partial charge in [0, 0.05) is 5.56 Å². The number of quaternary nitrogens is 1. The minimum Gasteiger partial charge on any atom is -0.741 e. The summed E-state index contributed by atoms with van der Waals surface area (Å²) >= 11 is 0. The zero-order valence-corrected chi connectivity index (χ0v) is 12.5. The van der Waals surface area contributed by atoms with Crippen molar-refractivity contribution in [2.45, 2.75) is 19.0 Å². The van der Waals surface area contributed by atoms with Crippen LogP contribution in [0.15, 0.2) is 24.3 Å². The van der Waals surface area contributed by atoms with E-state index in [9.17, 15) is 13.2 Å². The van der Waals surface area contributed by atoms with Gasteiger partial charge >= 0.3 is 5.51 Å². The average molecular weight is 313 g/mol. The Kier molecular flexibility index (Phi) is 6.19. The molecule has 0 saturated carbocycles. The molecule has 0 aliphatic carbocycles. The van der Waals surface area contributed by atoms with E-state index in [-0.39, 0.29) is 0 Å². The van der Waals surface area contributed by atoms with Crippen LogP contribution in [-0.2, 0) is 16.7 Å². The fraction of sp³-hybridized carbons (Fsp3) is 0.500. The van der Waals surface area contributed by atoms with Crippen molar-refractivity contribution in [3.63, 3.8) is 0 Å². The lowest BCUT2D eigenvalue weighted by Crippen LogP contribution is -2.33. The van der Waals surface area contributed by atoms with Gasteiger partial charge < -0.3 is 9.04 Å². The van der Waals surface area contributed by atoms with Crippen molar-refractivity contribution >= 4 is 10.1 Å². The van der Waals surface area contributed by atoms with Crippen LogP contribution in [0.4, 0.5) is 13.2 Å². The lowest BCUT2D eigenvalue weighted by molar-refractivity contribution is -0.884. The van der Waals surface area contributed by atoms with Crippen molar-refractivity contribution in [2.24, 2.45) is 0 Å². The normalized spacial score (nSPS) is 12.6. The number of hydrogen-bond donors (Lipinski definition) is 0. The van der Waals surface area contributed by atoms with E-state index in [4.69, 9.17) is 13.0 Å². The fourth-order valence-electron chi connectivity index (χ4n) is 1.30. The first kappa shape index (κ1) is 18.9. The lowest BCUT2D eigenvalue weighted by atomic mass is 10.1. The number of benzene rings is 1. The second kappa shape index (κ2) is 6.55. The molecule has 0 aromatic heterocycles. The molecule has 0 saturated heterocycles. The summed E-state index contributed by atoms with van der Waals surface area (Å²) in [6, 6.07) is 8.58. The highest BCUT2D eigenvalue weighted by molar-refractivity contribution is 7.86. The number of halogens is 3. The van der Waals surface area contributed by atoms with E-state index in [2.05, 4.69) is 52.3 Å². The molecule has 20 heavy (non-hydrogen) atoms. The number of aryl methyl sites for hydroxylation is 1. The second-order valence-corrected chi connectivity index (χ2v) is 6.65. The van der Waals surface area contributed by atoms with Gasteiger partial charge in [0.15, 0.2) is 10.1 Å². The predicted octanol–water partition coefficient (Wildman–Crippen LogP) is 2.25. The molecule has 0 fully saturated rings. The van der Waals surface area contributed by atoms with Gasteiger partial charge in [-0.15, -0.1) is 0 Å². The summed E-state index contributed by atoms with van der Waals surface area (Å²) in [5.41, 5.74) is -2.80. The Morgan fingerprint density at radius 3 is 1.85 bits per heavy atom. The van der Waals surface area contributed by atoms with Crippen molar-refractivity contribution in [2.75, 3.05) is 21.1 Å². The molecule has 8 heteroatoms. The van der Waals surface area contributed by atoms with Crippen LogP contribution >= 0.6 is 0 Å². The highest BCUT2D eigenvalue weighted by Gasteiger charge is 2.36. The zero-order valence-electron chi connectivity index (χ0n) is 11.7. The maximum Gasteiger partial charge on any atom is 0.485 e. The molecule has 1 rings (SSSR count). The average Bonchev–Trinajstić information content (AvgIpc) is 2.17. The Balaban J connectivity index is 0.000000396. The Bertz CT molecular complexity index is 534. The SMILES string of the molecule is Cc1ccccc1C[N+](C)(C)C.O=S(=O)([O-])C(F)(F)F. The van der Waals surface area contributed by atoms with Crippen molar-refractivity contribution in [1.82, 2.24) is 0 Å². The maximum absolute atomic E-state index is 10.7. The van der Waals surface area contributed by atoms with Crippen LogP contribution in [-0.4, -0.2) is 44.1 Å². The summed E-state index contributed by atoms with van der Waals surface area (Å²) in [4.78, 5) is 0. The topological polar surface area (TPSA) is 57.2 Å². The van der Waals surface area contributed by atoms with Crippen molar-refractivity contribution in [3.05, 3.63) is 35.4 Å². The van der Waals surface area contributed by atoms with E-state index in [1.807, 2.05) is 0 Å². The van der Waals surface area contributed by atoms with Crippen LogP contribution in [0.25, 0.3) is 0 Å². The van der Waals surface area contributed by atoms with Gasteiger partial charge in [-0.2, -0.15) is 13.2 Å². The summed E-state index contributed by atoms with van der Waals surface area (Å²) in [7, 11) is 0.554. The largest absolute Gasteiger partial charge is 0.741 e. The fourth-order valence-corrected chi connectivity index (χ4v) is 1.30. The molecule has 116 valence electrons. The first-order valence-corrected chi connectivity index (χ1v) is 7.02. The standard InChI is InChI=1S/C11H18N.CHF3O3S/c1-10-7-5-6-8-11(10)9-12(2,3)4;2-1(3,4)8(5,6)7/h5-8H,9H2,1-4H3;(H,5,6,7)/q+1;/p-1. The van der Waals surface area contributed by atoms with Crippen LogP contribution in [0.3, 0.4) is 0 Å². The van der Waals surface area contributed by atoms with Crippen LogP contribution in [0.1, 0.15) is 11.1 Å². The molecule has 0 aliphatic heterocycles. The first-order chi connectivity index (χ1) is 8.74. The Morgan fingerprint density at radius 1 is 1.15 bits per heavy atom. The van der Waals surface area contributed by atoms with E-state index in [0.717, 1.165) is 11.0 Å². The van der Waals surface area contributed by atoms with Gasteiger partial charge in [0.25, 0.3) is 0 Å².